The minimum absolute atomic E-state index is 0.0828. The van der Waals surface area contributed by atoms with E-state index in [0.717, 1.165) is 22.1 Å². The zero-order valence-corrected chi connectivity index (χ0v) is 13.0. The first kappa shape index (κ1) is 14.8. The maximum atomic E-state index is 11.2. The maximum absolute atomic E-state index is 11.2. The van der Waals surface area contributed by atoms with Gasteiger partial charge in [-0.2, -0.15) is 0 Å². The summed E-state index contributed by atoms with van der Waals surface area (Å²) in [5, 5.41) is 12.5. The molecule has 0 bridgehead atoms. The summed E-state index contributed by atoms with van der Waals surface area (Å²) in [6.07, 6.45) is 0.810. The van der Waals surface area contributed by atoms with Gasteiger partial charge in [0.05, 0.1) is 0 Å². The number of benzene rings is 1. The number of aryl methyl sites for hydroxylation is 1. The Morgan fingerprint density at radius 3 is 2.80 bits per heavy atom. The molecule has 0 saturated heterocycles. The second-order valence-electron chi connectivity index (χ2n) is 4.12. The highest BCUT2D eigenvalue weighted by Gasteiger charge is 2.13. The lowest BCUT2D eigenvalue weighted by Gasteiger charge is -2.12. The second kappa shape index (κ2) is 6.24. The average molecular weight is 356 g/mol. The number of anilines is 2. The number of nitrogens with one attached hydrogen (secondary N) is 1. The molecular weight excluding hydrogens is 344 g/mol. The summed E-state index contributed by atoms with van der Waals surface area (Å²) in [5.74, 6) is -0.811. The van der Waals surface area contributed by atoms with E-state index in [2.05, 4.69) is 26.2 Å². The maximum Gasteiger partial charge on any atom is 0.339 e. The molecule has 0 aliphatic rings. The van der Waals surface area contributed by atoms with Gasteiger partial charge in [-0.05, 0) is 42.3 Å². The number of pyridine rings is 1. The number of rotatable bonds is 4. The predicted molar refractivity (Wildman–Crippen MR) is 83.0 cm³/mol. The van der Waals surface area contributed by atoms with Gasteiger partial charge >= 0.3 is 5.97 Å². The zero-order valence-electron chi connectivity index (χ0n) is 10.7. The van der Waals surface area contributed by atoms with Gasteiger partial charge in [0.2, 0.25) is 0 Å². The number of carboxylic acid groups (broad SMARTS) is 1. The zero-order chi connectivity index (χ0) is 14.7. The molecule has 1 heterocycles. The fourth-order valence-corrected chi connectivity index (χ4v) is 2.36. The van der Waals surface area contributed by atoms with Crippen molar-refractivity contribution in [2.45, 2.75) is 13.3 Å². The third-order valence-electron chi connectivity index (χ3n) is 2.79. The van der Waals surface area contributed by atoms with Crippen LogP contribution in [0, 0.1) is 0 Å². The molecule has 0 unspecified atom stereocenters. The minimum Gasteiger partial charge on any atom is -0.478 e. The normalized spacial score (nSPS) is 10.3. The molecule has 0 amide bonds. The van der Waals surface area contributed by atoms with E-state index in [1.165, 1.54) is 12.1 Å². The third kappa shape index (κ3) is 3.29. The number of aromatic nitrogens is 1. The van der Waals surface area contributed by atoms with Crippen LogP contribution in [0.5, 0.6) is 0 Å². The van der Waals surface area contributed by atoms with E-state index in [4.69, 9.17) is 11.6 Å². The van der Waals surface area contributed by atoms with Gasteiger partial charge in [0, 0.05) is 10.2 Å². The molecule has 2 aromatic rings. The number of carbonyl (C=O) groups is 1. The average Bonchev–Trinajstić information content (AvgIpc) is 2.40. The number of halogens is 2. The van der Waals surface area contributed by atoms with Crippen LogP contribution in [0.25, 0.3) is 0 Å². The highest BCUT2D eigenvalue weighted by atomic mass is 79.9. The van der Waals surface area contributed by atoms with Crippen molar-refractivity contribution in [1.29, 1.82) is 0 Å². The van der Waals surface area contributed by atoms with Crippen LogP contribution in [-0.4, -0.2) is 16.1 Å². The summed E-state index contributed by atoms with van der Waals surface area (Å²) in [4.78, 5) is 15.3. The smallest absolute Gasteiger partial charge is 0.339 e. The van der Waals surface area contributed by atoms with Crippen molar-refractivity contribution in [3.05, 3.63) is 51.1 Å². The topological polar surface area (TPSA) is 62.2 Å². The Labute approximate surface area is 129 Å². The standard InChI is InChI=1S/C14H12BrClN2O2/c1-2-8-7-9(15)3-5-11(8)17-13-10(14(19)20)4-6-12(16)18-13/h3-7H,2H2,1H3,(H,17,18)(H,19,20). The van der Waals surface area contributed by atoms with Crippen LogP contribution in [0.15, 0.2) is 34.8 Å². The van der Waals surface area contributed by atoms with E-state index in [9.17, 15) is 9.90 Å². The van der Waals surface area contributed by atoms with Gasteiger partial charge in [0.15, 0.2) is 0 Å². The number of carboxylic acids is 1. The molecule has 0 fully saturated rings. The Hall–Kier alpha value is -1.59. The number of hydrogen-bond acceptors (Lipinski definition) is 3. The van der Waals surface area contributed by atoms with E-state index in [1.54, 1.807) is 0 Å². The van der Waals surface area contributed by atoms with E-state index in [0.29, 0.717) is 0 Å². The molecule has 4 nitrogen and oxygen atoms in total. The van der Waals surface area contributed by atoms with Crippen LogP contribution in [-0.2, 0) is 6.42 Å². The van der Waals surface area contributed by atoms with E-state index >= 15 is 0 Å². The summed E-state index contributed by atoms with van der Waals surface area (Å²) in [6, 6.07) is 8.62. The van der Waals surface area contributed by atoms with Crippen LogP contribution < -0.4 is 5.32 Å². The molecular formula is C14H12BrClN2O2. The molecule has 1 aromatic heterocycles. The van der Waals surface area contributed by atoms with Gasteiger partial charge in [0.25, 0.3) is 0 Å². The Bertz CT molecular complexity index is 662. The summed E-state index contributed by atoms with van der Waals surface area (Å²) in [6.45, 7) is 2.02. The molecule has 0 aliphatic heterocycles. The van der Waals surface area contributed by atoms with Gasteiger partial charge in [-0.25, -0.2) is 9.78 Å². The van der Waals surface area contributed by atoms with Gasteiger partial charge < -0.3 is 10.4 Å². The first-order valence-electron chi connectivity index (χ1n) is 5.96. The van der Waals surface area contributed by atoms with Crippen molar-refractivity contribution in [3.8, 4) is 0 Å². The highest BCUT2D eigenvalue weighted by molar-refractivity contribution is 9.10. The van der Waals surface area contributed by atoms with Gasteiger partial charge in [-0.3, -0.25) is 0 Å². The lowest BCUT2D eigenvalue weighted by molar-refractivity contribution is 0.0697. The predicted octanol–water partition coefficient (Wildman–Crippen LogP) is 4.50. The van der Waals surface area contributed by atoms with Crippen LogP contribution in [0.1, 0.15) is 22.8 Å². The molecule has 0 atom stereocenters. The molecule has 20 heavy (non-hydrogen) atoms. The van der Waals surface area contributed by atoms with Gasteiger partial charge in [-0.1, -0.05) is 34.5 Å². The SMILES string of the molecule is CCc1cc(Br)ccc1Nc1nc(Cl)ccc1C(=O)O. The van der Waals surface area contributed by atoms with Crippen molar-refractivity contribution in [2.24, 2.45) is 0 Å². The van der Waals surface area contributed by atoms with E-state index in [-0.39, 0.29) is 16.5 Å². The number of nitrogens with zero attached hydrogens (tertiary/aromatic N) is 1. The number of hydrogen-bond donors (Lipinski definition) is 2. The van der Waals surface area contributed by atoms with Crippen molar-refractivity contribution < 1.29 is 9.90 Å². The fraction of sp³-hybridized carbons (Fsp3) is 0.143. The second-order valence-corrected chi connectivity index (χ2v) is 5.42. The van der Waals surface area contributed by atoms with E-state index in [1.807, 2.05) is 25.1 Å². The third-order valence-corrected chi connectivity index (χ3v) is 3.50. The molecule has 2 N–H and O–H groups in total. The molecule has 0 spiro atoms. The first-order chi connectivity index (χ1) is 9.51. The summed E-state index contributed by atoms with van der Waals surface area (Å²) < 4.78 is 0.970. The van der Waals surface area contributed by atoms with Crippen LogP contribution in [0.3, 0.4) is 0 Å². The Balaban J connectivity index is 2.44. The lowest BCUT2D eigenvalue weighted by Crippen LogP contribution is -2.06. The van der Waals surface area contributed by atoms with Crippen molar-refractivity contribution in [2.75, 3.05) is 5.32 Å². The van der Waals surface area contributed by atoms with Crippen LogP contribution in [0.4, 0.5) is 11.5 Å². The first-order valence-corrected chi connectivity index (χ1v) is 7.13. The van der Waals surface area contributed by atoms with Crippen molar-refractivity contribution in [1.82, 2.24) is 4.98 Å². The van der Waals surface area contributed by atoms with Crippen LogP contribution in [0.2, 0.25) is 5.15 Å². The molecule has 104 valence electrons. The quantitative estimate of drug-likeness (QED) is 0.793. The summed E-state index contributed by atoms with van der Waals surface area (Å²) >= 11 is 9.25. The Kier molecular flexibility index (Phi) is 4.62. The van der Waals surface area contributed by atoms with Gasteiger partial charge in [-0.15, -0.1) is 0 Å². The minimum atomic E-state index is -1.05. The molecule has 1 aromatic carbocycles. The highest BCUT2D eigenvalue weighted by Crippen LogP contribution is 2.26. The molecule has 6 heteroatoms. The van der Waals surface area contributed by atoms with Gasteiger partial charge in [0.1, 0.15) is 16.5 Å². The molecule has 0 radical (unpaired) electrons. The summed E-state index contributed by atoms with van der Waals surface area (Å²) in [7, 11) is 0. The van der Waals surface area contributed by atoms with Crippen LogP contribution >= 0.6 is 27.5 Å². The van der Waals surface area contributed by atoms with Crippen molar-refractivity contribution >= 4 is 45.0 Å². The molecule has 2 rings (SSSR count). The van der Waals surface area contributed by atoms with E-state index < -0.39 is 5.97 Å². The largest absolute Gasteiger partial charge is 0.478 e. The number of aromatic carboxylic acids is 1. The Morgan fingerprint density at radius 2 is 2.15 bits per heavy atom. The molecule has 0 aliphatic carbocycles. The lowest BCUT2D eigenvalue weighted by atomic mass is 10.1. The fourth-order valence-electron chi connectivity index (χ4n) is 1.81. The summed E-state index contributed by atoms with van der Waals surface area (Å²) in [5.41, 5.74) is 1.95. The molecule has 0 saturated carbocycles. The Morgan fingerprint density at radius 1 is 1.40 bits per heavy atom. The monoisotopic (exact) mass is 354 g/mol. The van der Waals surface area contributed by atoms with Crippen molar-refractivity contribution in [3.63, 3.8) is 0 Å².